The molecule has 0 radical (unpaired) electrons. The van der Waals surface area contributed by atoms with E-state index in [-0.39, 0.29) is 11.9 Å². The summed E-state index contributed by atoms with van der Waals surface area (Å²) in [5.74, 6) is 0.211. The lowest BCUT2D eigenvalue weighted by molar-refractivity contribution is -0.128. The number of hydrogen-bond acceptors (Lipinski definition) is 2. The molecule has 1 atom stereocenters. The second-order valence-corrected chi connectivity index (χ2v) is 7.25. The first-order valence-electron chi connectivity index (χ1n) is 9.35. The molecule has 0 bridgehead atoms. The molecule has 2 fully saturated rings. The molecule has 1 aromatic rings. The van der Waals surface area contributed by atoms with Crippen molar-refractivity contribution in [2.75, 3.05) is 13.1 Å². The average molecular weight is 314 g/mol. The van der Waals surface area contributed by atoms with Gasteiger partial charge in [0.1, 0.15) is 6.04 Å². The molecule has 1 amide bonds. The van der Waals surface area contributed by atoms with Gasteiger partial charge in [0.25, 0.3) is 0 Å². The van der Waals surface area contributed by atoms with E-state index < -0.39 is 0 Å². The molecule has 1 aliphatic carbocycles. The summed E-state index contributed by atoms with van der Waals surface area (Å²) >= 11 is 0. The Morgan fingerprint density at radius 2 is 1.61 bits per heavy atom. The average Bonchev–Trinajstić information content (AvgIpc) is 2.59. The number of aryl methyl sites for hydroxylation is 1. The molecule has 1 saturated heterocycles. The van der Waals surface area contributed by atoms with Crippen LogP contribution in [0.25, 0.3) is 0 Å². The Kier molecular flexibility index (Phi) is 5.71. The van der Waals surface area contributed by atoms with Crippen molar-refractivity contribution in [1.82, 2.24) is 10.2 Å². The van der Waals surface area contributed by atoms with Crippen LogP contribution < -0.4 is 5.32 Å². The molecule has 1 aliphatic heterocycles. The summed E-state index contributed by atoms with van der Waals surface area (Å²) in [4.78, 5) is 15.4. The molecule has 0 aromatic heterocycles. The predicted molar refractivity (Wildman–Crippen MR) is 94.4 cm³/mol. The van der Waals surface area contributed by atoms with Crippen molar-refractivity contribution in [3.8, 4) is 0 Å². The third-order valence-corrected chi connectivity index (χ3v) is 5.35. The van der Waals surface area contributed by atoms with Gasteiger partial charge in [0, 0.05) is 6.04 Å². The first-order valence-corrected chi connectivity index (χ1v) is 9.35. The maximum Gasteiger partial charge on any atom is 0.242 e. The van der Waals surface area contributed by atoms with Crippen molar-refractivity contribution in [2.24, 2.45) is 0 Å². The van der Waals surface area contributed by atoms with Crippen LogP contribution in [0.4, 0.5) is 0 Å². The topological polar surface area (TPSA) is 32.3 Å². The second-order valence-electron chi connectivity index (χ2n) is 7.25. The van der Waals surface area contributed by atoms with Gasteiger partial charge in [-0.3, -0.25) is 9.69 Å². The van der Waals surface area contributed by atoms with Crippen molar-refractivity contribution in [2.45, 2.75) is 70.4 Å². The summed E-state index contributed by atoms with van der Waals surface area (Å²) in [5.41, 5.74) is 2.39. The molecule has 0 unspecified atom stereocenters. The first kappa shape index (κ1) is 16.5. The lowest BCUT2D eigenvalue weighted by Gasteiger charge is -2.35. The summed E-state index contributed by atoms with van der Waals surface area (Å²) in [6.45, 7) is 4.18. The fraction of sp³-hybridized carbons (Fsp3) is 0.650. The standard InChI is InChI=1S/C20H30N2O/c1-16-10-12-17(13-11-16)19(22-14-6-3-7-15-22)20(23)21-18-8-4-2-5-9-18/h10-13,18-19H,2-9,14-15H2,1H3,(H,21,23)/t19-/m1/s1. The minimum Gasteiger partial charge on any atom is -0.352 e. The maximum absolute atomic E-state index is 13.0. The first-order chi connectivity index (χ1) is 11.2. The second kappa shape index (κ2) is 7.96. The number of nitrogens with one attached hydrogen (secondary N) is 1. The van der Waals surface area contributed by atoms with E-state index in [0.29, 0.717) is 6.04 Å². The van der Waals surface area contributed by atoms with Crippen LogP contribution in [-0.2, 0) is 4.79 Å². The summed E-state index contributed by atoms with van der Waals surface area (Å²) in [5, 5.41) is 3.35. The number of likely N-dealkylation sites (tertiary alicyclic amines) is 1. The van der Waals surface area contributed by atoms with Gasteiger partial charge in [0.05, 0.1) is 0 Å². The summed E-state index contributed by atoms with van der Waals surface area (Å²) in [7, 11) is 0. The van der Waals surface area contributed by atoms with Gasteiger partial charge in [0.15, 0.2) is 0 Å². The highest BCUT2D eigenvalue weighted by molar-refractivity contribution is 5.83. The van der Waals surface area contributed by atoms with E-state index in [4.69, 9.17) is 0 Å². The molecular formula is C20H30N2O. The molecule has 1 N–H and O–H groups in total. The maximum atomic E-state index is 13.0. The third-order valence-electron chi connectivity index (χ3n) is 5.35. The number of carbonyl (C=O) groups excluding carboxylic acids is 1. The van der Waals surface area contributed by atoms with Gasteiger partial charge in [-0.2, -0.15) is 0 Å². The van der Waals surface area contributed by atoms with Crippen LogP contribution in [0.1, 0.15) is 68.5 Å². The molecule has 1 heterocycles. The Morgan fingerprint density at radius 1 is 1.00 bits per heavy atom. The van der Waals surface area contributed by atoms with Gasteiger partial charge in [-0.15, -0.1) is 0 Å². The van der Waals surface area contributed by atoms with Gasteiger partial charge in [-0.05, 0) is 51.3 Å². The molecule has 126 valence electrons. The lowest BCUT2D eigenvalue weighted by Crippen LogP contribution is -2.46. The number of hydrogen-bond donors (Lipinski definition) is 1. The van der Waals surface area contributed by atoms with E-state index in [9.17, 15) is 4.79 Å². The van der Waals surface area contributed by atoms with Gasteiger partial charge in [-0.25, -0.2) is 0 Å². The van der Waals surface area contributed by atoms with Crippen molar-refractivity contribution in [3.05, 3.63) is 35.4 Å². The molecule has 3 heteroatoms. The largest absolute Gasteiger partial charge is 0.352 e. The van der Waals surface area contributed by atoms with Crippen LogP contribution in [0.5, 0.6) is 0 Å². The van der Waals surface area contributed by atoms with Gasteiger partial charge >= 0.3 is 0 Å². The van der Waals surface area contributed by atoms with Crippen molar-refractivity contribution in [3.63, 3.8) is 0 Å². The Balaban J connectivity index is 1.75. The molecule has 23 heavy (non-hydrogen) atoms. The molecule has 2 aliphatic rings. The normalized spacial score (nSPS) is 21.8. The lowest BCUT2D eigenvalue weighted by atomic mass is 9.94. The SMILES string of the molecule is Cc1ccc([C@H](C(=O)NC2CCCCC2)N2CCCCC2)cc1. The Labute approximate surface area is 140 Å². The van der Waals surface area contributed by atoms with Gasteiger partial charge < -0.3 is 5.32 Å². The monoisotopic (exact) mass is 314 g/mol. The van der Waals surface area contributed by atoms with Crippen LogP contribution in [0.15, 0.2) is 24.3 Å². The van der Waals surface area contributed by atoms with E-state index in [2.05, 4.69) is 41.4 Å². The number of benzene rings is 1. The molecule has 0 spiro atoms. The van der Waals surface area contributed by atoms with Crippen molar-refractivity contribution < 1.29 is 4.79 Å². The zero-order chi connectivity index (χ0) is 16.1. The number of rotatable bonds is 4. The van der Waals surface area contributed by atoms with Crippen LogP contribution in [0.3, 0.4) is 0 Å². The van der Waals surface area contributed by atoms with Crippen LogP contribution in [-0.4, -0.2) is 29.9 Å². The Morgan fingerprint density at radius 3 is 2.26 bits per heavy atom. The molecule has 3 nitrogen and oxygen atoms in total. The smallest absolute Gasteiger partial charge is 0.242 e. The summed E-state index contributed by atoms with van der Waals surface area (Å²) in [6, 6.07) is 8.79. The van der Waals surface area contributed by atoms with Crippen LogP contribution >= 0.6 is 0 Å². The van der Waals surface area contributed by atoms with E-state index in [0.717, 1.165) is 31.5 Å². The van der Waals surface area contributed by atoms with Crippen LogP contribution in [0.2, 0.25) is 0 Å². The highest BCUT2D eigenvalue weighted by Gasteiger charge is 2.30. The highest BCUT2D eigenvalue weighted by atomic mass is 16.2. The zero-order valence-corrected chi connectivity index (χ0v) is 14.4. The predicted octanol–water partition coefficient (Wildman–Crippen LogP) is 3.97. The summed E-state index contributed by atoms with van der Waals surface area (Å²) in [6.07, 6.45) is 9.83. The Bertz CT molecular complexity index is 499. The van der Waals surface area contributed by atoms with E-state index in [1.54, 1.807) is 0 Å². The quantitative estimate of drug-likeness (QED) is 0.912. The van der Waals surface area contributed by atoms with Crippen molar-refractivity contribution in [1.29, 1.82) is 0 Å². The number of nitrogens with zero attached hydrogens (tertiary/aromatic N) is 1. The van der Waals surface area contributed by atoms with Gasteiger partial charge in [-0.1, -0.05) is 55.5 Å². The molecule has 1 aromatic carbocycles. The number of carbonyl (C=O) groups is 1. The fourth-order valence-electron chi connectivity index (χ4n) is 3.98. The van der Waals surface area contributed by atoms with Gasteiger partial charge in [0.2, 0.25) is 5.91 Å². The summed E-state index contributed by atoms with van der Waals surface area (Å²) < 4.78 is 0. The van der Waals surface area contributed by atoms with Crippen molar-refractivity contribution >= 4 is 5.91 Å². The fourth-order valence-corrected chi connectivity index (χ4v) is 3.98. The number of amides is 1. The minimum atomic E-state index is -0.113. The minimum absolute atomic E-state index is 0.113. The van der Waals surface area contributed by atoms with E-state index in [1.165, 1.54) is 44.1 Å². The zero-order valence-electron chi connectivity index (χ0n) is 14.4. The molecule has 3 rings (SSSR count). The highest BCUT2D eigenvalue weighted by Crippen LogP contribution is 2.26. The molecule has 1 saturated carbocycles. The van der Waals surface area contributed by atoms with E-state index in [1.807, 2.05) is 0 Å². The van der Waals surface area contributed by atoms with Crippen LogP contribution in [0, 0.1) is 6.92 Å². The number of piperidine rings is 1. The third kappa shape index (κ3) is 4.35. The molecular weight excluding hydrogens is 284 g/mol. The Hall–Kier alpha value is -1.35. The van der Waals surface area contributed by atoms with E-state index >= 15 is 0 Å².